The molecule has 1 aliphatic rings. The molecule has 1 fully saturated rings. The number of para-hydroxylation sites is 1. The van der Waals surface area contributed by atoms with Crippen LogP contribution < -0.4 is 5.32 Å². The number of halogens is 1. The number of hydrogen-bond donors (Lipinski definition) is 1. The van der Waals surface area contributed by atoms with Gasteiger partial charge in [0.05, 0.1) is 22.8 Å². The molecule has 2 aromatic carbocycles. The minimum atomic E-state index is -3.06. The maximum absolute atomic E-state index is 13.0. The van der Waals surface area contributed by atoms with Gasteiger partial charge in [0.25, 0.3) is 5.91 Å². The summed E-state index contributed by atoms with van der Waals surface area (Å²) in [6.45, 7) is 0. The summed E-state index contributed by atoms with van der Waals surface area (Å²) in [7, 11) is -1.44. The van der Waals surface area contributed by atoms with Crippen molar-refractivity contribution in [1.29, 1.82) is 0 Å². The van der Waals surface area contributed by atoms with E-state index in [1.807, 2.05) is 0 Å². The maximum Gasteiger partial charge on any atom is 0.255 e. The minimum absolute atomic E-state index is 0.00278. The number of sulfone groups is 1. The van der Waals surface area contributed by atoms with Gasteiger partial charge < -0.3 is 10.2 Å². The van der Waals surface area contributed by atoms with Gasteiger partial charge in [-0.25, -0.2) is 12.8 Å². The fourth-order valence-corrected chi connectivity index (χ4v) is 4.68. The quantitative estimate of drug-likeness (QED) is 0.908. The van der Waals surface area contributed by atoms with Crippen LogP contribution in [-0.4, -0.2) is 43.8 Å². The van der Waals surface area contributed by atoms with Crippen LogP contribution in [0.2, 0.25) is 0 Å². The molecule has 0 aromatic heterocycles. The highest BCUT2D eigenvalue weighted by Gasteiger charge is 2.33. The molecular weight excluding hydrogens is 343 g/mol. The first kappa shape index (κ1) is 17.4. The van der Waals surface area contributed by atoms with Crippen LogP contribution in [-0.2, 0) is 9.84 Å². The predicted molar refractivity (Wildman–Crippen MR) is 95.3 cm³/mol. The average Bonchev–Trinajstić information content (AvgIpc) is 2.96. The lowest BCUT2D eigenvalue weighted by Gasteiger charge is -2.24. The van der Waals surface area contributed by atoms with E-state index >= 15 is 0 Å². The molecule has 1 heterocycles. The van der Waals surface area contributed by atoms with Crippen LogP contribution in [0.15, 0.2) is 48.5 Å². The van der Waals surface area contributed by atoms with E-state index in [1.165, 1.54) is 17.0 Å². The van der Waals surface area contributed by atoms with Crippen molar-refractivity contribution in [3.63, 3.8) is 0 Å². The molecule has 2 aromatic rings. The van der Waals surface area contributed by atoms with Crippen molar-refractivity contribution in [1.82, 2.24) is 4.90 Å². The third-order valence-electron chi connectivity index (χ3n) is 4.36. The Balaban J connectivity index is 1.82. The van der Waals surface area contributed by atoms with Crippen LogP contribution in [0, 0.1) is 5.82 Å². The summed E-state index contributed by atoms with van der Waals surface area (Å²) in [5, 5.41) is 3.11. The summed E-state index contributed by atoms with van der Waals surface area (Å²) < 4.78 is 36.4. The van der Waals surface area contributed by atoms with Crippen LogP contribution in [0.5, 0.6) is 0 Å². The van der Waals surface area contributed by atoms with Gasteiger partial charge in [0, 0.05) is 18.8 Å². The van der Waals surface area contributed by atoms with Crippen LogP contribution in [0.1, 0.15) is 16.8 Å². The zero-order chi connectivity index (χ0) is 18.0. The molecular formula is C18H19FN2O3S. The van der Waals surface area contributed by atoms with Crippen molar-refractivity contribution in [3.05, 3.63) is 59.9 Å². The Labute approximate surface area is 146 Å². The summed E-state index contributed by atoms with van der Waals surface area (Å²) >= 11 is 0. The van der Waals surface area contributed by atoms with Crippen LogP contribution >= 0.6 is 0 Å². The fourth-order valence-electron chi connectivity index (χ4n) is 2.90. The first-order chi connectivity index (χ1) is 11.9. The largest absolute Gasteiger partial charge is 0.355 e. The van der Waals surface area contributed by atoms with Gasteiger partial charge >= 0.3 is 0 Å². The number of amides is 1. The standard InChI is InChI=1S/C18H19FN2O3S/c1-21(15-10-11-25(23,24)12-15)18(22)16-4-2-3-5-17(16)20-14-8-6-13(19)7-9-14/h2-9,15,20H,10-12H2,1H3/t15-/m1/s1. The summed E-state index contributed by atoms with van der Waals surface area (Å²) in [4.78, 5) is 14.3. The molecule has 1 amide bonds. The number of nitrogens with one attached hydrogen (secondary N) is 1. The number of carbonyl (C=O) groups excluding carboxylic acids is 1. The van der Waals surface area contributed by atoms with Crippen LogP contribution in [0.25, 0.3) is 0 Å². The maximum atomic E-state index is 13.0. The zero-order valence-electron chi connectivity index (χ0n) is 13.8. The fraction of sp³-hybridized carbons (Fsp3) is 0.278. The van der Waals surface area contributed by atoms with Crippen molar-refractivity contribution in [2.24, 2.45) is 0 Å². The topological polar surface area (TPSA) is 66.5 Å². The molecule has 7 heteroatoms. The smallest absolute Gasteiger partial charge is 0.255 e. The summed E-state index contributed by atoms with van der Waals surface area (Å²) in [5.41, 5.74) is 1.69. The number of rotatable bonds is 4. The van der Waals surface area contributed by atoms with Crippen LogP contribution in [0.4, 0.5) is 15.8 Å². The van der Waals surface area contributed by atoms with E-state index in [0.717, 1.165) is 0 Å². The van der Waals surface area contributed by atoms with Crippen molar-refractivity contribution in [2.45, 2.75) is 12.5 Å². The summed E-state index contributed by atoms with van der Waals surface area (Å²) in [6, 6.07) is 12.5. The number of nitrogens with zero attached hydrogens (tertiary/aromatic N) is 1. The van der Waals surface area contributed by atoms with Gasteiger partial charge in [-0.1, -0.05) is 12.1 Å². The Morgan fingerprint density at radius 2 is 1.84 bits per heavy atom. The molecule has 0 spiro atoms. The molecule has 0 unspecified atom stereocenters. The Morgan fingerprint density at radius 1 is 1.16 bits per heavy atom. The normalized spacial score (nSPS) is 18.7. The Hall–Kier alpha value is -2.41. The van der Waals surface area contributed by atoms with Gasteiger partial charge in [-0.15, -0.1) is 0 Å². The second-order valence-electron chi connectivity index (χ2n) is 6.15. The Kier molecular flexibility index (Phi) is 4.76. The molecule has 25 heavy (non-hydrogen) atoms. The van der Waals surface area contributed by atoms with Crippen molar-refractivity contribution in [3.8, 4) is 0 Å². The monoisotopic (exact) mass is 362 g/mol. The molecule has 1 atom stereocenters. The van der Waals surface area contributed by atoms with E-state index in [0.29, 0.717) is 23.4 Å². The molecule has 0 saturated carbocycles. The lowest BCUT2D eigenvalue weighted by molar-refractivity contribution is 0.0748. The summed E-state index contributed by atoms with van der Waals surface area (Å²) in [5.74, 6) is -0.461. The van der Waals surface area contributed by atoms with Crippen molar-refractivity contribution >= 4 is 27.1 Å². The zero-order valence-corrected chi connectivity index (χ0v) is 14.6. The van der Waals surface area contributed by atoms with E-state index in [-0.39, 0.29) is 29.3 Å². The average molecular weight is 362 g/mol. The highest BCUT2D eigenvalue weighted by atomic mass is 32.2. The summed E-state index contributed by atoms with van der Waals surface area (Å²) in [6.07, 6.45) is 0.456. The molecule has 1 N–H and O–H groups in total. The second kappa shape index (κ2) is 6.84. The Bertz CT molecular complexity index is 881. The molecule has 1 aliphatic heterocycles. The predicted octanol–water partition coefficient (Wildman–Crippen LogP) is 2.83. The van der Waals surface area contributed by atoms with E-state index < -0.39 is 9.84 Å². The number of hydrogen-bond acceptors (Lipinski definition) is 4. The Morgan fingerprint density at radius 3 is 2.48 bits per heavy atom. The van der Waals surface area contributed by atoms with Gasteiger partial charge in [0.2, 0.25) is 0 Å². The molecule has 0 radical (unpaired) electrons. The SMILES string of the molecule is CN(C(=O)c1ccccc1Nc1ccc(F)cc1)[C@@H]1CCS(=O)(=O)C1. The van der Waals surface area contributed by atoms with E-state index in [9.17, 15) is 17.6 Å². The minimum Gasteiger partial charge on any atom is -0.355 e. The first-order valence-corrected chi connectivity index (χ1v) is 9.77. The lowest BCUT2D eigenvalue weighted by Crippen LogP contribution is -2.38. The molecule has 5 nitrogen and oxygen atoms in total. The highest BCUT2D eigenvalue weighted by molar-refractivity contribution is 7.91. The third-order valence-corrected chi connectivity index (χ3v) is 6.11. The first-order valence-electron chi connectivity index (χ1n) is 7.95. The van der Waals surface area contributed by atoms with Gasteiger partial charge in [-0.2, -0.15) is 0 Å². The van der Waals surface area contributed by atoms with Crippen LogP contribution in [0.3, 0.4) is 0 Å². The number of carbonyl (C=O) groups is 1. The molecule has 132 valence electrons. The van der Waals surface area contributed by atoms with Gasteiger partial charge in [-0.05, 0) is 42.8 Å². The lowest BCUT2D eigenvalue weighted by atomic mass is 10.1. The highest BCUT2D eigenvalue weighted by Crippen LogP contribution is 2.24. The van der Waals surface area contributed by atoms with Crippen molar-refractivity contribution < 1.29 is 17.6 Å². The molecule has 0 bridgehead atoms. The number of anilines is 2. The second-order valence-corrected chi connectivity index (χ2v) is 8.38. The third kappa shape index (κ3) is 3.99. The number of benzene rings is 2. The van der Waals surface area contributed by atoms with Gasteiger partial charge in [0.15, 0.2) is 9.84 Å². The molecule has 0 aliphatic carbocycles. The van der Waals surface area contributed by atoms with Crippen molar-refractivity contribution in [2.75, 3.05) is 23.9 Å². The van der Waals surface area contributed by atoms with Gasteiger partial charge in [0.1, 0.15) is 5.82 Å². The van der Waals surface area contributed by atoms with E-state index in [2.05, 4.69) is 5.32 Å². The van der Waals surface area contributed by atoms with E-state index in [1.54, 1.807) is 43.4 Å². The molecule has 3 rings (SSSR count). The van der Waals surface area contributed by atoms with Gasteiger partial charge in [-0.3, -0.25) is 4.79 Å². The van der Waals surface area contributed by atoms with E-state index in [4.69, 9.17) is 0 Å². The molecule has 1 saturated heterocycles.